The normalized spacial score (nSPS) is 28.8. The number of amides is 1. The number of ketones is 1. The molecule has 0 spiro atoms. The van der Waals surface area contributed by atoms with Gasteiger partial charge in [-0.25, -0.2) is 9.78 Å². The maximum atomic E-state index is 13.0. The molecule has 6 nitrogen and oxygen atoms in total. The van der Waals surface area contributed by atoms with Crippen LogP contribution < -0.4 is 5.32 Å². The van der Waals surface area contributed by atoms with E-state index in [9.17, 15) is 9.59 Å². The number of imidazole rings is 1. The lowest BCUT2D eigenvalue weighted by Gasteiger charge is -2.56. The molecule has 0 aliphatic heterocycles. The molecule has 172 valence electrons. The van der Waals surface area contributed by atoms with Gasteiger partial charge in [0.2, 0.25) is 0 Å². The molecule has 4 aliphatic carbocycles. The Morgan fingerprint density at radius 2 is 1.78 bits per heavy atom. The third-order valence-corrected chi connectivity index (χ3v) is 7.53. The van der Waals surface area contributed by atoms with Crippen LogP contribution in [0.3, 0.4) is 0 Å². The molecule has 0 unspecified atom stereocenters. The van der Waals surface area contributed by atoms with E-state index >= 15 is 0 Å². The number of nitrogens with one attached hydrogen (secondary N) is 2. The van der Waals surface area contributed by atoms with Crippen molar-refractivity contribution < 1.29 is 14.3 Å². The maximum absolute atomic E-state index is 13.0. The van der Waals surface area contributed by atoms with Gasteiger partial charge in [-0.15, -0.1) is 0 Å². The first kappa shape index (κ1) is 21.5. The van der Waals surface area contributed by atoms with Crippen LogP contribution in [-0.2, 0) is 22.5 Å². The molecule has 4 saturated carbocycles. The minimum atomic E-state index is -0.532. The Morgan fingerprint density at radius 3 is 2.41 bits per heavy atom. The molecule has 1 aromatic carbocycles. The molecule has 0 radical (unpaired) electrons. The Bertz CT molecular complexity index is 997. The van der Waals surface area contributed by atoms with Gasteiger partial charge in [0, 0.05) is 12.8 Å². The number of aromatic amines is 1. The summed E-state index contributed by atoms with van der Waals surface area (Å²) in [7, 11) is 0. The molecule has 6 heteroatoms. The molecule has 1 amide bonds. The maximum Gasteiger partial charge on any atom is 0.408 e. The number of alkyl carbamates (subject to hydrolysis) is 1. The Hall–Kier alpha value is -2.37. The number of ether oxygens (including phenoxy) is 1. The molecule has 4 aliphatic rings. The molecule has 2 aromatic rings. The summed E-state index contributed by atoms with van der Waals surface area (Å²) in [6.45, 7) is 5.77. The van der Waals surface area contributed by atoms with E-state index in [0.717, 1.165) is 40.8 Å². The van der Waals surface area contributed by atoms with Gasteiger partial charge in [0.1, 0.15) is 17.2 Å². The Morgan fingerprint density at radius 1 is 1.12 bits per heavy atom. The second-order valence-corrected chi connectivity index (χ2v) is 11.7. The lowest BCUT2D eigenvalue weighted by molar-refractivity contribution is -0.126. The summed E-state index contributed by atoms with van der Waals surface area (Å²) in [5.74, 6) is 3.68. The Balaban J connectivity index is 1.20. The summed E-state index contributed by atoms with van der Waals surface area (Å²) >= 11 is 0. The second-order valence-electron chi connectivity index (χ2n) is 11.7. The third kappa shape index (κ3) is 4.69. The van der Waals surface area contributed by atoms with Crippen molar-refractivity contribution >= 4 is 22.9 Å². The highest BCUT2D eigenvalue weighted by atomic mass is 16.6. The fourth-order valence-electron chi connectivity index (χ4n) is 6.99. The summed E-state index contributed by atoms with van der Waals surface area (Å²) in [5, 5.41) is 2.73. The summed E-state index contributed by atoms with van der Waals surface area (Å²) in [4.78, 5) is 32.7. The van der Waals surface area contributed by atoms with Gasteiger partial charge in [0.15, 0.2) is 0 Å². The van der Waals surface area contributed by atoms with Crippen molar-refractivity contribution in [3.05, 3.63) is 29.6 Å². The number of benzene rings is 1. The lowest BCUT2D eigenvalue weighted by atomic mass is 9.48. The van der Waals surface area contributed by atoms with E-state index < -0.39 is 11.7 Å². The van der Waals surface area contributed by atoms with Gasteiger partial charge in [0.25, 0.3) is 0 Å². The number of rotatable bonds is 6. The van der Waals surface area contributed by atoms with Crippen LogP contribution in [0.15, 0.2) is 18.2 Å². The first-order valence-electron chi connectivity index (χ1n) is 12.1. The summed E-state index contributed by atoms with van der Waals surface area (Å²) in [6.07, 6.45) is 8.84. The molecule has 0 saturated heterocycles. The SMILES string of the molecule is CC(C)(C)OC(=O)NCc1nc2ccc(CC(=O)CC34CC5CC(CC(C5)C3)C4)cc2[nH]1. The first-order chi connectivity index (χ1) is 15.1. The van der Waals surface area contributed by atoms with Crippen molar-refractivity contribution in [2.75, 3.05) is 0 Å². The van der Waals surface area contributed by atoms with Crippen LogP contribution in [0.25, 0.3) is 11.0 Å². The summed E-state index contributed by atoms with van der Waals surface area (Å²) < 4.78 is 5.27. The van der Waals surface area contributed by atoms with Gasteiger partial charge in [0.05, 0.1) is 17.6 Å². The number of nitrogens with zero attached hydrogens (tertiary/aromatic N) is 1. The molecule has 1 aromatic heterocycles. The van der Waals surface area contributed by atoms with E-state index in [1.54, 1.807) is 0 Å². The number of carbonyl (C=O) groups is 2. The molecule has 0 atom stereocenters. The van der Waals surface area contributed by atoms with Crippen molar-refractivity contribution in [3.8, 4) is 0 Å². The summed E-state index contributed by atoms with van der Waals surface area (Å²) in [6, 6.07) is 5.98. The number of H-pyrrole nitrogens is 1. The highest BCUT2D eigenvalue weighted by molar-refractivity contribution is 5.83. The minimum absolute atomic E-state index is 0.268. The zero-order valence-electron chi connectivity index (χ0n) is 19.5. The number of Topliss-reactive ketones (excluding diaryl/α,β-unsaturated/α-hetero) is 1. The predicted octanol–water partition coefficient (Wildman–Crippen LogP) is 5.31. The second kappa shape index (κ2) is 7.89. The van der Waals surface area contributed by atoms with E-state index in [1.807, 2.05) is 39.0 Å². The first-order valence-corrected chi connectivity index (χ1v) is 12.1. The van der Waals surface area contributed by atoms with Gasteiger partial charge >= 0.3 is 6.09 Å². The molecule has 2 N–H and O–H groups in total. The van der Waals surface area contributed by atoms with Crippen molar-refractivity contribution in [1.29, 1.82) is 0 Å². The fraction of sp³-hybridized carbons (Fsp3) is 0.654. The highest BCUT2D eigenvalue weighted by Gasteiger charge is 2.51. The van der Waals surface area contributed by atoms with Crippen LogP contribution in [0.1, 0.15) is 77.1 Å². The van der Waals surface area contributed by atoms with Gasteiger partial charge in [-0.2, -0.15) is 0 Å². The zero-order chi connectivity index (χ0) is 22.5. The van der Waals surface area contributed by atoms with E-state index in [2.05, 4.69) is 15.3 Å². The van der Waals surface area contributed by atoms with E-state index in [0.29, 0.717) is 23.4 Å². The van der Waals surface area contributed by atoms with E-state index in [4.69, 9.17) is 4.74 Å². The predicted molar refractivity (Wildman–Crippen MR) is 123 cm³/mol. The molecule has 6 rings (SSSR count). The molecule has 4 bridgehead atoms. The lowest BCUT2D eigenvalue weighted by Crippen LogP contribution is -2.47. The number of aromatic nitrogens is 2. The standard InChI is InChI=1S/C26H35N3O3/c1-25(2,3)32-24(31)27-15-23-28-21-5-4-16(10-22(21)29-23)9-20(30)14-26-11-17-6-18(12-26)8-19(7-17)13-26/h4-5,10,17-19H,6-9,11-15H2,1-3H3,(H,27,31)(H,28,29). The number of hydrogen-bond acceptors (Lipinski definition) is 4. The monoisotopic (exact) mass is 437 g/mol. The number of fused-ring (bicyclic) bond motifs is 1. The van der Waals surface area contributed by atoms with Gasteiger partial charge in [-0.05, 0) is 100 Å². The molecule has 1 heterocycles. The van der Waals surface area contributed by atoms with E-state index in [-0.39, 0.29) is 6.54 Å². The fourth-order valence-corrected chi connectivity index (χ4v) is 6.99. The highest BCUT2D eigenvalue weighted by Crippen LogP contribution is 2.61. The van der Waals surface area contributed by atoms with Crippen LogP contribution in [0.2, 0.25) is 0 Å². The van der Waals surface area contributed by atoms with Crippen LogP contribution in [0.5, 0.6) is 0 Å². The van der Waals surface area contributed by atoms with Crippen LogP contribution >= 0.6 is 0 Å². The third-order valence-electron chi connectivity index (χ3n) is 7.53. The van der Waals surface area contributed by atoms with Crippen molar-refractivity contribution in [2.45, 2.75) is 84.3 Å². The smallest absolute Gasteiger partial charge is 0.408 e. The minimum Gasteiger partial charge on any atom is -0.444 e. The van der Waals surface area contributed by atoms with Crippen LogP contribution in [-0.4, -0.2) is 27.4 Å². The van der Waals surface area contributed by atoms with Gasteiger partial charge in [-0.3, -0.25) is 4.79 Å². The average molecular weight is 438 g/mol. The van der Waals surface area contributed by atoms with Crippen LogP contribution in [0, 0.1) is 23.2 Å². The molecular weight excluding hydrogens is 402 g/mol. The quantitative estimate of drug-likeness (QED) is 0.642. The molecular formula is C26H35N3O3. The number of hydrogen-bond donors (Lipinski definition) is 2. The zero-order valence-corrected chi connectivity index (χ0v) is 19.5. The van der Waals surface area contributed by atoms with Crippen molar-refractivity contribution in [3.63, 3.8) is 0 Å². The largest absolute Gasteiger partial charge is 0.444 e. The van der Waals surface area contributed by atoms with Crippen molar-refractivity contribution in [2.24, 2.45) is 23.2 Å². The van der Waals surface area contributed by atoms with Crippen LogP contribution in [0.4, 0.5) is 4.79 Å². The Kier molecular flexibility index (Phi) is 5.30. The van der Waals surface area contributed by atoms with Crippen molar-refractivity contribution in [1.82, 2.24) is 15.3 Å². The van der Waals surface area contributed by atoms with Gasteiger partial charge < -0.3 is 15.0 Å². The summed E-state index contributed by atoms with van der Waals surface area (Å²) in [5.41, 5.74) is 2.52. The average Bonchev–Trinajstić information content (AvgIpc) is 3.05. The molecule has 32 heavy (non-hydrogen) atoms. The Labute approximate surface area is 189 Å². The number of carbonyl (C=O) groups excluding carboxylic acids is 2. The molecule has 4 fully saturated rings. The topological polar surface area (TPSA) is 84.1 Å². The van der Waals surface area contributed by atoms with E-state index in [1.165, 1.54) is 38.5 Å². The van der Waals surface area contributed by atoms with Gasteiger partial charge in [-0.1, -0.05) is 6.07 Å².